The molecule has 0 saturated heterocycles. The molecule has 0 spiro atoms. The van der Waals surface area contributed by atoms with Crippen LogP contribution in [0.3, 0.4) is 0 Å². The highest BCUT2D eigenvalue weighted by molar-refractivity contribution is 5.88. The van der Waals surface area contributed by atoms with E-state index in [1.54, 1.807) is 12.1 Å². The third kappa shape index (κ3) is 3.93. The van der Waals surface area contributed by atoms with Gasteiger partial charge >= 0.3 is 5.97 Å². The molecule has 0 saturated carbocycles. The number of phenols is 3. The van der Waals surface area contributed by atoms with Crippen LogP contribution in [0, 0.1) is 0 Å². The fraction of sp³-hybridized carbons (Fsp3) is 0.238. The topological polar surface area (TPSA) is 117 Å². The van der Waals surface area contributed by atoms with Gasteiger partial charge in [-0.05, 0) is 30.5 Å². The van der Waals surface area contributed by atoms with Crippen molar-refractivity contribution in [1.29, 1.82) is 0 Å². The van der Waals surface area contributed by atoms with Crippen LogP contribution in [-0.4, -0.2) is 28.4 Å². The van der Waals surface area contributed by atoms with Crippen molar-refractivity contribution in [2.75, 3.05) is 7.11 Å². The minimum absolute atomic E-state index is 0.0285. The minimum Gasteiger partial charge on any atom is -0.508 e. The van der Waals surface area contributed by atoms with E-state index in [0.717, 1.165) is 6.07 Å². The summed E-state index contributed by atoms with van der Waals surface area (Å²) in [6.07, 6.45) is 1.74. The van der Waals surface area contributed by atoms with E-state index < -0.39 is 5.43 Å². The van der Waals surface area contributed by atoms with Gasteiger partial charge in [0.05, 0.1) is 12.7 Å². The van der Waals surface area contributed by atoms with Gasteiger partial charge in [-0.3, -0.25) is 9.59 Å². The number of hydrogen-bond donors (Lipinski definition) is 3. The maximum absolute atomic E-state index is 13.1. The van der Waals surface area contributed by atoms with E-state index in [0.29, 0.717) is 30.6 Å². The van der Waals surface area contributed by atoms with Crippen molar-refractivity contribution in [3.05, 3.63) is 52.4 Å². The summed E-state index contributed by atoms with van der Waals surface area (Å²) in [6.45, 7) is 0. The quantitative estimate of drug-likeness (QED) is 0.440. The first-order valence-corrected chi connectivity index (χ1v) is 8.78. The number of ether oxygens (including phenoxy) is 1. The molecular weight excluding hydrogens is 364 g/mol. The highest BCUT2D eigenvalue weighted by atomic mass is 16.5. The lowest BCUT2D eigenvalue weighted by Crippen LogP contribution is -2.10. The Morgan fingerprint density at radius 3 is 2.43 bits per heavy atom. The van der Waals surface area contributed by atoms with Crippen LogP contribution in [-0.2, 0) is 16.0 Å². The van der Waals surface area contributed by atoms with Crippen LogP contribution in [0.15, 0.2) is 45.6 Å². The van der Waals surface area contributed by atoms with Gasteiger partial charge in [-0.1, -0.05) is 12.1 Å². The van der Waals surface area contributed by atoms with Gasteiger partial charge < -0.3 is 24.5 Å². The molecule has 3 N–H and O–H groups in total. The normalized spacial score (nSPS) is 10.9. The lowest BCUT2D eigenvalue weighted by atomic mass is 9.98. The molecule has 2 aromatic carbocycles. The summed E-state index contributed by atoms with van der Waals surface area (Å²) >= 11 is 0. The van der Waals surface area contributed by atoms with E-state index >= 15 is 0 Å². The second-order valence-corrected chi connectivity index (χ2v) is 6.40. The number of benzene rings is 2. The van der Waals surface area contributed by atoms with Crippen molar-refractivity contribution in [2.24, 2.45) is 0 Å². The average Bonchev–Trinajstić information content (AvgIpc) is 2.65. The minimum atomic E-state index is -0.438. The molecule has 0 radical (unpaired) electrons. The van der Waals surface area contributed by atoms with Gasteiger partial charge in [0, 0.05) is 25.0 Å². The number of carbonyl (C=O) groups is 1. The van der Waals surface area contributed by atoms with E-state index in [-0.39, 0.29) is 46.2 Å². The zero-order valence-electron chi connectivity index (χ0n) is 15.3. The van der Waals surface area contributed by atoms with Gasteiger partial charge in [0.25, 0.3) is 0 Å². The molecule has 0 atom stereocenters. The molecule has 0 bridgehead atoms. The van der Waals surface area contributed by atoms with E-state index in [2.05, 4.69) is 4.74 Å². The van der Waals surface area contributed by atoms with E-state index in [4.69, 9.17) is 4.42 Å². The molecule has 0 amide bonds. The molecule has 3 rings (SSSR count). The second kappa shape index (κ2) is 8.04. The molecule has 28 heavy (non-hydrogen) atoms. The van der Waals surface area contributed by atoms with Crippen molar-refractivity contribution in [1.82, 2.24) is 0 Å². The molecule has 0 aliphatic rings. The Morgan fingerprint density at radius 1 is 1.04 bits per heavy atom. The predicted molar refractivity (Wildman–Crippen MR) is 102 cm³/mol. The van der Waals surface area contributed by atoms with Crippen molar-refractivity contribution in [2.45, 2.75) is 25.7 Å². The largest absolute Gasteiger partial charge is 0.508 e. The Labute approximate surface area is 160 Å². The van der Waals surface area contributed by atoms with Crippen LogP contribution < -0.4 is 5.43 Å². The summed E-state index contributed by atoms with van der Waals surface area (Å²) < 4.78 is 10.5. The van der Waals surface area contributed by atoms with Crippen LogP contribution in [0.1, 0.15) is 25.0 Å². The van der Waals surface area contributed by atoms with Crippen molar-refractivity contribution in [3.63, 3.8) is 0 Å². The lowest BCUT2D eigenvalue weighted by Gasteiger charge is -2.11. The molecular formula is C21H20O7. The first-order chi connectivity index (χ1) is 13.4. The lowest BCUT2D eigenvalue weighted by molar-refractivity contribution is -0.140. The smallest absolute Gasteiger partial charge is 0.305 e. The molecule has 146 valence electrons. The van der Waals surface area contributed by atoms with Crippen molar-refractivity contribution < 1.29 is 29.3 Å². The Kier molecular flexibility index (Phi) is 5.54. The van der Waals surface area contributed by atoms with Crippen molar-refractivity contribution in [3.8, 4) is 28.4 Å². The van der Waals surface area contributed by atoms with Crippen LogP contribution in [0.5, 0.6) is 17.2 Å². The maximum atomic E-state index is 13.1. The molecule has 0 unspecified atom stereocenters. The zero-order valence-corrected chi connectivity index (χ0v) is 15.3. The van der Waals surface area contributed by atoms with Gasteiger partial charge in [-0.2, -0.15) is 0 Å². The van der Waals surface area contributed by atoms with Crippen LogP contribution in [0.25, 0.3) is 22.1 Å². The van der Waals surface area contributed by atoms with Gasteiger partial charge in [-0.15, -0.1) is 0 Å². The summed E-state index contributed by atoms with van der Waals surface area (Å²) in [5.41, 5.74) is 0.441. The molecule has 7 nitrogen and oxygen atoms in total. The monoisotopic (exact) mass is 384 g/mol. The van der Waals surface area contributed by atoms with E-state index in [1.165, 1.54) is 25.3 Å². The summed E-state index contributed by atoms with van der Waals surface area (Å²) in [5, 5.41) is 29.3. The van der Waals surface area contributed by atoms with Gasteiger partial charge in [0.15, 0.2) is 0 Å². The van der Waals surface area contributed by atoms with E-state index in [9.17, 15) is 24.9 Å². The van der Waals surface area contributed by atoms with Crippen LogP contribution in [0.2, 0.25) is 0 Å². The number of methoxy groups -OCH3 is 1. The number of rotatable bonds is 6. The molecule has 0 aliphatic carbocycles. The second-order valence-electron chi connectivity index (χ2n) is 6.40. The molecule has 1 heterocycles. The Morgan fingerprint density at radius 2 is 1.75 bits per heavy atom. The Hall–Kier alpha value is -3.48. The summed E-state index contributed by atoms with van der Waals surface area (Å²) in [7, 11) is 1.33. The predicted octanol–water partition coefficient (Wildman–Crippen LogP) is 3.46. The number of esters is 1. The summed E-state index contributed by atoms with van der Waals surface area (Å²) in [4.78, 5) is 24.4. The van der Waals surface area contributed by atoms with E-state index in [1.807, 2.05) is 0 Å². The first kappa shape index (κ1) is 19.3. The fourth-order valence-electron chi connectivity index (χ4n) is 3.08. The molecule has 0 fully saturated rings. The standard InChI is InChI=1S/C21H20O7/c1-27-18(25)5-3-2-4-16-19(12-6-8-13(22)9-7-12)21(26)20-15(24)10-14(23)11-17(20)28-16/h6-11,22-24H,2-5H2,1H3. The van der Waals surface area contributed by atoms with Crippen LogP contribution >= 0.6 is 0 Å². The number of aromatic hydroxyl groups is 3. The molecule has 7 heteroatoms. The molecule has 0 aliphatic heterocycles. The van der Waals surface area contributed by atoms with Gasteiger partial charge in [0.1, 0.15) is 34.0 Å². The number of fused-ring (bicyclic) bond motifs is 1. The van der Waals surface area contributed by atoms with Crippen molar-refractivity contribution >= 4 is 16.9 Å². The molecule has 3 aromatic rings. The summed E-state index contributed by atoms with van der Waals surface area (Å²) in [6, 6.07) is 8.43. The Bertz CT molecular complexity index is 1060. The highest BCUT2D eigenvalue weighted by Gasteiger charge is 2.19. The van der Waals surface area contributed by atoms with Crippen LogP contribution in [0.4, 0.5) is 0 Å². The average molecular weight is 384 g/mol. The number of phenolic OH excluding ortho intramolecular Hbond substituents is 3. The first-order valence-electron chi connectivity index (χ1n) is 8.78. The summed E-state index contributed by atoms with van der Waals surface area (Å²) in [5.74, 6) is -0.476. The van der Waals surface area contributed by atoms with Gasteiger partial charge in [-0.25, -0.2) is 0 Å². The number of unbranched alkanes of at least 4 members (excludes halogenated alkanes) is 1. The highest BCUT2D eigenvalue weighted by Crippen LogP contribution is 2.33. The third-order valence-electron chi connectivity index (χ3n) is 4.45. The number of carbonyl (C=O) groups excluding carboxylic acids is 1. The number of aryl methyl sites for hydroxylation is 1. The molecule has 1 aromatic heterocycles. The number of hydrogen-bond acceptors (Lipinski definition) is 7. The fourth-order valence-corrected chi connectivity index (χ4v) is 3.08. The third-order valence-corrected chi connectivity index (χ3v) is 4.45. The van der Waals surface area contributed by atoms with Gasteiger partial charge in [0.2, 0.25) is 5.43 Å². The Balaban J connectivity index is 2.08. The zero-order chi connectivity index (χ0) is 20.3. The maximum Gasteiger partial charge on any atom is 0.305 e. The SMILES string of the molecule is COC(=O)CCCCc1oc2cc(O)cc(O)c2c(=O)c1-c1ccc(O)cc1.